The van der Waals surface area contributed by atoms with Crippen LogP contribution in [0.5, 0.6) is 0 Å². The molecule has 6 nitrogen and oxygen atoms in total. The molecule has 0 aliphatic rings. The van der Waals surface area contributed by atoms with Crippen LogP contribution in [0.2, 0.25) is 0 Å². The predicted molar refractivity (Wildman–Crippen MR) is 78.5 cm³/mol. The molecule has 0 aromatic carbocycles. The van der Waals surface area contributed by atoms with Crippen LogP contribution in [0.15, 0.2) is 10.7 Å². The quantitative estimate of drug-likeness (QED) is 0.671. The van der Waals surface area contributed by atoms with Crippen LogP contribution in [0.3, 0.4) is 0 Å². The van der Waals surface area contributed by atoms with Crippen LogP contribution in [0.1, 0.15) is 55.0 Å². The number of oxazole rings is 1. The molecule has 1 heterocycles. The molecule has 0 fully saturated rings. The fraction of sp³-hybridized carbons (Fsp3) is 0.714. The van der Waals surface area contributed by atoms with Gasteiger partial charge in [-0.25, -0.2) is 4.98 Å². The van der Waals surface area contributed by atoms with Crippen LogP contribution < -0.4 is 11.1 Å². The number of rotatable bonds is 9. The third kappa shape index (κ3) is 5.71. The van der Waals surface area contributed by atoms with Crippen molar-refractivity contribution < 1.29 is 9.21 Å². The minimum absolute atomic E-state index is 0.207. The highest BCUT2D eigenvalue weighted by Gasteiger charge is 2.16. The van der Waals surface area contributed by atoms with Crippen molar-refractivity contribution in [1.29, 1.82) is 0 Å². The van der Waals surface area contributed by atoms with Crippen LogP contribution in [-0.4, -0.2) is 43.0 Å². The van der Waals surface area contributed by atoms with E-state index in [-0.39, 0.29) is 11.9 Å². The second kappa shape index (κ2) is 8.71. The number of nitrogens with zero attached hydrogens (tertiary/aromatic N) is 2. The second-order valence-corrected chi connectivity index (χ2v) is 5.23. The van der Waals surface area contributed by atoms with Crippen LogP contribution >= 0.6 is 0 Å². The lowest BCUT2D eigenvalue weighted by atomic mass is 10.1. The average Bonchev–Trinajstić information content (AvgIpc) is 2.90. The van der Waals surface area contributed by atoms with Crippen LogP contribution in [0, 0.1) is 0 Å². The summed E-state index contributed by atoms with van der Waals surface area (Å²) < 4.78 is 5.28. The third-order valence-corrected chi connectivity index (χ3v) is 3.01. The molecule has 0 saturated heterocycles. The van der Waals surface area contributed by atoms with Crippen molar-refractivity contribution in [2.24, 2.45) is 5.73 Å². The lowest BCUT2D eigenvalue weighted by Gasteiger charge is -2.09. The predicted octanol–water partition coefficient (Wildman–Crippen LogP) is 1.55. The molecule has 0 aliphatic carbocycles. The van der Waals surface area contributed by atoms with Crippen molar-refractivity contribution in [3.05, 3.63) is 17.8 Å². The number of carbonyl (C=O) groups is 1. The zero-order valence-corrected chi connectivity index (χ0v) is 12.7. The van der Waals surface area contributed by atoms with E-state index in [1.165, 1.54) is 6.26 Å². The van der Waals surface area contributed by atoms with E-state index in [0.717, 1.165) is 32.2 Å². The zero-order chi connectivity index (χ0) is 15.0. The smallest absolute Gasteiger partial charge is 0.273 e. The van der Waals surface area contributed by atoms with Crippen LogP contribution in [0.25, 0.3) is 0 Å². The van der Waals surface area contributed by atoms with Gasteiger partial charge in [0, 0.05) is 6.54 Å². The number of amides is 1. The van der Waals surface area contributed by atoms with E-state index in [2.05, 4.69) is 22.1 Å². The van der Waals surface area contributed by atoms with Gasteiger partial charge >= 0.3 is 0 Å². The molecule has 1 amide bonds. The van der Waals surface area contributed by atoms with Gasteiger partial charge in [0.05, 0.1) is 6.04 Å². The lowest BCUT2D eigenvalue weighted by Crippen LogP contribution is -2.27. The van der Waals surface area contributed by atoms with E-state index in [0.29, 0.717) is 18.1 Å². The van der Waals surface area contributed by atoms with Gasteiger partial charge in [-0.3, -0.25) is 4.79 Å². The van der Waals surface area contributed by atoms with Crippen molar-refractivity contribution in [1.82, 2.24) is 15.2 Å². The Hall–Kier alpha value is -1.40. The molecule has 114 valence electrons. The van der Waals surface area contributed by atoms with Crippen molar-refractivity contribution in [3.8, 4) is 0 Å². The van der Waals surface area contributed by atoms with Crippen molar-refractivity contribution in [2.75, 3.05) is 27.2 Å². The van der Waals surface area contributed by atoms with Crippen LogP contribution in [0.4, 0.5) is 0 Å². The molecule has 3 N–H and O–H groups in total. The summed E-state index contributed by atoms with van der Waals surface area (Å²) in [5, 5.41) is 2.82. The Morgan fingerprint density at radius 2 is 2.25 bits per heavy atom. The molecule has 1 rings (SSSR count). The topological polar surface area (TPSA) is 84.4 Å². The van der Waals surface area contributed by atoms with Crippen molar-refractivity contribution in [3.63, 3.8) is 0 Å². The minimum Gasteiger partial charge on any atom is -0.446 e. The fourth-order valence-electron chi connectivity index (χ4n) is 1.80. The van der Waals surface area contributed by atoms with E-state index < -0.39 is 0 Å². The number of carbonyl (C=O) groups excluding carboxylic acids is 1. The molecule has 0 spiro atoms. The highest BCUT2D eigenvalue weighted by atomic mass is 16.3. The largest absolute Gasteiger partial charge is 0.446 e. The molecule has 1 unspecified atom stereocenters. The lowest BCUT2D eigenvalue weighted by molar-refractivity contribution is 0.0947. The number of hydrogen-bond donors (Lipinski definition) is 2. The molecule has 0 saturated carbocycles. The Kier molecular flexibility index (Phi) is 7.25. The Morgan fingerprint density at radius 3 is 2.90 bits per heavy atom. The van der Waals surface area contributed by atoms with Gasteiger partial charge in [0.1, 0.15) is 6.26 Å². The SMILES string of the molecule is CCCCC(N)c1nc(C(=O)NCCCN(C)C)co1. The molecule has 0 radical (unpaired) electrons. The number of nitrogens with one attached hydrogen (secondary N) is 1. The van der Waals surface area contributed by atoms with Gasteiger partial charge < -0.3 is 20.4 Å². The summed E-state index contributed by atoms with van der Waals surface area (Å²) in [6.45, 7) is 3.67. The summed E-state index contributed by atoms with van der Waals surface area (Å²) in [5.74, 6) is 0.235. The number of aromatic nitrogens is 1. The summed E-state index contributed by atoms with van der Waals surface area (Å²) in [5.41, 5.74) is 6.26. The minimum atomic E-state index is -0.231. The number of unbranched alkanes of at least 4 members (excludes halogenated alkanes) is 1. The summed E-state index contributed by atoms with van der Waals surface area (Å²) in [7, 11) is 4.01. The van der Waals surface area contributed by atoms with E-state index in [1.807, 2.05) is 14.1 Å². The summed E-state index contributed by atoms with van der Waals surface area (Å²) in [4.78, 5) is 18.1. The number of nitrogens with two attached hydrogens (primary N) is 1. The van der Waals surface area contributed by atoms with E-state index in [9.17, 15) is 4.79 Å². The van der Waals surface area contributed by atoms with Crippen molar-refractivity contribution in [2.45, 2.75) is 38.6 Å². The Labute approximate surface area is 120 Å². The molecule has 0 bridgehead atoms. The number of hydrogen-bond acceptors (Lipinski definition) is 5. The van der Waals surface area contributed by atoms with Gasteiger partial charge in [-0.2, -0.15) is 0 Å². The monoisotopic (exact) mass is 282 g/mol. The highest BCUT2D eigenvalue weighted by molar-refractivity contribution is 5.91. The first-order valence-corrected chi connectivity index (χ1v) is 7.18. The normalized spacial score (nSPS) is 12.7. The summed E-state index contributed by atoms with van der Waals surface area (Å²) in [6, 6.07) is -0.231. The Balaban J connectivity index is 2.39. The Bertz CT molecular complexity index is 404. The molecule has 1 atom stereocenters. The highest BCUT2D eigenvalue weighted by Crippen LogP contribution is 2.16. The van der Waals surface area contributed by atoms with E-state index in [4.69, 9.17) is 10.2 Å². The van der Waals surface area contributed by atoms with Gasteiger partial charge in [-0.1, -0.05) is 19.8 Å². The first-order valence-electron chi connectivity index (χ1n) is 7.18. The molecule has 0 aliphatic heterocycles. The van der Waals surface area contributed by atoms with E-state index >= 15 is 0 Å². The maximum Gasteiger partial charge on any atom is 0.273 e. The summed E-state index contributed by atoms with van der Waals surface area (Å²) >= 11 is 0. The standard InChI is InChI=1S/C14H26N4O2/c1-4-5-7-11(15)14-17-12(10-20-14)13(19)16-8-6-9-18(2)3/h10-11H,4-9,15H2,1-3H3,(H,16,19). The van der Waals surface area contributed by atoms with Gasteiger partial charge in [0.2, 0.25) is 5.89 Å². The van der Waals surface area contributed by atoms with E-state index in [1.54, 1.807) is 0 Å². The molecular weight excluding hydrogens is 256 g/mol. The van der Waals surface area contributed by atoms with Crippen molar-refractivity contribution >= 4 is 5.91 Å². The third-order valence-electron chi connectivity index (χ3n) is 3.01. The van der Waals surface area contributed by atoms with Gasteiger partial charge in [0.15, 0.2) is 5.69 Å². The molecule has 6 heteroatoms. The van der Waals surface area contributed by atoms with Gasteiger partial charge in [-0.05, 0) is 33.5 Å². The molecular formula is C14H26N4O2. The molecule has 20 heavy (non-hydrogen) atoms. The van der Waals surface area contributed by atoms with Gasteiger partial charge in [-0.15, -0.1) is 0 Å². The molecule has 1 aromatic rings. The van der Waals surface area contributed by atoms with Crippen LogP contribution in [-0.2, 0) is 0 Å². The zero-order valence-electron chi connectivity index (χ0n) is 12.7. The van der Waals surface area contributed by atoms with Gasteiger partial charge in [0.25, 0.3) is 5.91 Å². The molecule has 1 aromatic heterocycles. The second-order valence-electron chi connectivity index (χ2n) is 5.23. The fourth-order valence-corrected chi connectivity index (χ4v) is 1.80. The first kappa shape index (κ1) is 16.7. The maximum absolute atomic E-state index is 11.9. The Morgan fingerprint density at radius 1 is 1.50 bits per heavy atom. The maximum atomic E-state index is 11.9. The summed E-state index contributed by atoms with van der Waals surface area (Å²) in [6.07, 6.45) is 5.20. The first-order chi connectivity index (χ1) is 9.54. The average molecular weight is 282 g/mol.